The van der Waals surface area contributed by atoms with E-state index in [0.29, 0.717) is 0 Å². The fraction of sp³-hybridized carbons (Fsp3) is 0.300. The zero-order valence-corrected chi connectivity index (χ0v) is 13.0. The molecule has 1 nitrogen and oxygen atoms in total. The minimum Gasteiger partial charge on any atom is -0.315 e. The van der Waals surface area contributed by atoms with Crippen LogP contribution in [-0.4, -0.2) is 0 Å². The second kappa shape index (κ2) is 8.31. The number of rotatable bonds is 8. The van der Waals surface area contributed by atoms with Gasteiger partial charge in [-0.1, -0.05) is 69.2 Å². The van der Waals surface area contributed by atoms with Crippen LogP contribution in [0.3, 0.4) is 0 Å². The van der Waals surface area contributed by atoms with Gasteiger partial charge >= 0.3 is 0 Å². The lowest BCUT2D eigenvalue weighted by Gasteiger charge is -2.27. The lowest BCUT2D eigenvalue weighted by Crippen LogP contribution is -2.15. The van der Waals surface area contributed by atoms with Crippen molar-refractivity contribution in [3.63, 3.8) is 0 Å². The molecule has 0 saturated heterocycles. The van der Waals surface area contributed by atoms with Crippen LogP contribution in [0.1, 0.15) is 39.0 Å². The van der Waals surface area contributed by atoms with Gasteiger partial charge in [-0.05, 0) is 37.1 Å². The molecule has 0 atom stereocenters. The highest BCUT2D eigenvalue weighted by atomic mass is 15.1. The molecule has 0 saturated carbocycles. The first-order chi connectivity index (χ1) is 10.3. The van der Waals surface area contributed by atoms with Crippen LogP contribution < -0.4 is 4.90 Å². The van der Waals surface area contributed by atoms with Gasteiger partial charge in [0.15, 0.2) is 0 Å². The SMILES string of the molecule is C=C(CCCCCC)N(c1ccccc1)c1ccccc1. The van der Waals surface area contributed by atoms with Crippen LogP contribution in [0.2, 0.25) is 0 Å². The Bertz CT molecular complexity index is 491. The van der Waals surface area contributed by atoms with E-state index in [0.717, 1.165) is 6.42 Å². The molecule has 0 aliphatic carbocycles. The fourth-order valence-corrected chi connectivity index (χ4v) is 2.54. The molecule has 2 aromatic rings. The molecule has 0 aromatic heterocycles. The first-order valence-corrected chi connectivity index (χ1v) is 7.91. The Labute approximate surface area is 128 Å². The summed E-state index contributed by atoms with van der Waals surface area (Å²) in [4.78, 5) is 2.27. The fourth-order valence-electron chi connectivity index (χ4n) is 2.54. The number of hydrogen-bond acceptors (Lipinski definition) is 1. The Morgan fingerprint density at radius 1 is 0.810 bits per heavy atom. The predicted octanol–water partition coefficient (Wildman–Crippen LogP) is 6.31. The minimum absolute atomic E-state index is 1.05. The smallest absolute Gasteiger partial charge is 0.0458 e. The average Bonchev–Trinajstić information content (AvgIpc) is 2.54. The van der Waals surface area contributed by atoms with Gasteiger partial charge in [-0.25, -0.2) is 0 Å². The molecule has 0 aliphatic heterocycles. The third kappa shape index (κ3) is 4.49. The van der Waals surface area contributed by atoms with E-state index in [1.807, 2.05) is 0 Å². The summed E-state index contributed by atoms with van der Waals surface area (Å²) in [6.45, 7) is 6.58. The highest BCUT2D eigenvalue weighted by Crippen LogP contribution is 2.30. The normalized spacial score (nSPS) is 10.3. The molecule has 0 amide bonds. The third-order valence-electron chi connectivity index (χ3n) is 3.66. The van der Waals surface area contributed by atoms with Crippen LogP contribution in [0.4, 0.5) is 11.4 Å². The number of anilines is 2. The van der Waals surface area contributed by atoms with Crippen molar-refractivity contribution in [2.45, 2.75) is 39.0 Å². The summed E-state index contributed by atoms with van der Waals surface area (Å²) >= 11 is 0. The quantitative estimate of drug-likeness (QED) is 0.512. The second-order valence-electron chi connectivity index (χ2n) is 5.38. The molecule has 0 spiro atoms. The molecule has 0 unspecified atom stereocenters. The van der Waals surface area contributed by atoms with Gasteiger partial charge in [0.2, 0.25) is 0 Å². The van der Waals surface area contributed by atoms with E-state index < -0.39 is 0 Å². The number of allylic oxidation sites excluding steroid dienone is 1. The van der Waals surface area contributed by atoms with Crippen molar-refractivity contribution in [2.24, 2.45) is 0 Å². The van der Waals surface area contributed by atoms with Gasteiger partial charge in [0.1, 0.15) is 0 Å². The van der Waals surface area contributed by atoms with E-state index in [1.165, 1.54) is 42.8 Å². The molecule has 0 fully saturated rings. The highest BCUT2D eigenvalue weighted by molar-refractivity contribution is 5.67. The Morgan fingerprint density at radius 3 is 1.81 bits per heavy atom. The van der Waals surface area contributed by atoms with Gasteiger partial charge in [0, 0.05) is 17.1 Å². The van der Waals surface area contributed by atoms with Gasteiger partial charge < -0.3 is 4.90 Å². The standard InChI is InChI=1S/C20H25N/c1-3-4-5-8-13-18(2)21(19-14-9-6-10-15-19)20-16-11-7-12-17-20/h6-7,9-12,14-17H,2-5,8,13H2,1H3. The maximum absolute atomic E-state index is 4.33. The molecular weight excluding hydrogens is 254 g/mol. The van der Waals surface area contributed by atoms with Crippen molar-refractivity contribution in [3.8, 4) is 0 Å². The van der Waals surface area contributed by atoms with Crippen LogP contribution in [0.5, 0.6) is 0 Å². The Hall–Kier alpha value is -2.02. The van der Waals surface area contributed by atoms with E-state index >= 15 is 0 Å². The first-order valence-electron chi connectivity index (χ1n) is 7.91. The molecule has 2 rings (SSSR count). The third-order valence-corrected chi connectivity index (χ3v) is 3.66. The summed E-state index contributed by atoms with van der Waals surface area (Å²) in [5.74, 6) is 0. The summed E-state index contributed by atoms with van der Waals surface area (Å²) in [6, 6.07) is 21.0. The predicted molar refractivity (Wildman–Crippen MR) is 92.9 cm³/mol. The first kappa shape index (κ1) is 15.4. The highest BCUT2D eigenvalue weighted by Gasteiger charge is 2.11. The van der Waals surface area contributed by atoms with Crippen molar-refractivity contribution >= 4 is 11.4 Å². The maximum atomic E-state index is 4.33. The van der Waals surface area contributed by atoms with Crippen molar-refractivity contribution in [1.29, 1.82) is 0 Å². The number of benzene rings is 2. The van der Waals surface area contributed by atoms with Gasteiger partial charge in [-0.3, -0.25) is 0 Å². The number of unbranched alkanes of at least 4 members (excludes halogenated alkanes) is 3. The topological polar surface area (TPSA) is 3.24 Å². The van der Waals surface area contributed by atoms with Crippen LogP contribution in [0, 0.1) is 0 Å². The summed E-state index contributed by atoms with van der Waals surface area (Å²) in [6.07, 6.45) is 6.12. The summed E-state index contributed by atoms with van der Waals surface area (Å²) in [5.41, 5.74) is 3.54. The second-order valence-corrected chi connectivity index (χ2v) is 5.38. The molecule has 0 aliphatic rings. The van der Waals surface area contributed by atoms with E-state index in [1.54, 1.807) is 0 Å². The molecule has 0 bridgehead atoms. The monoisotopic (exact) mass is 279 g/mol. The molecule has 2 aromatic carbocycles. The van der Waals surface area contributed by atoms with E-state index in [2.05, 4.69) is 79.1 Å². The maximum Gasteiger partial charge on any atom is 0.0458 e. The van der Waals surface area contributed by atoms with Gasteiger partial charge in [-0.2, -0.15) is 0 Å². The van der Waals surface area contributed by atoms with Gasteiger partial charge in [-0.15, -0.1) is 0 Å². The Balaban J connectivity index is 2.15. The van der Waals surface area contributed by atoms with Crippen LogP contribution >= 0.6 is 0 Å². The molecule has 0 radical (unpaired) electrons. The zero-order chi connectivity index (χ0) is 14.9. The van der Waals surface area contributed by atoms with Crippen LogP contribution in [0.25, 0.3) is 0 Å². The molecule has 21 heavy (non-hydrogen) atoms. The van der Waals surface area contributed by atoms with Crippen molar-refractivity contribution in [2.75, 3.05) is 4.90 Å². The number of hydrogen-bond donors (Lipinski definition) is 0. The van der Waals surface area contributed by atoms with Gasteiger partial charge in [0.05, 0.1) is 0 Å². The lowest BCUT2D eigenvalue weighted by atomic mass is 10.1. The Morgan fingerprint density at radius 2 is 1.33 bits per heavy atom. The van der Waals surface area contributed by atoms with Crippen molar-refractivity contribution < 1.29 is 0 Å². The largest absolute Gasteiger partial charge is 0.315 e. The zero-order valence-electron chi connectivity index (χ0n) is 13.0. The Kier molecular flexibility index (Phi) is 6.08. The average molecular weight is 279 g/mol. The van der Waals surface area contributed by atoms with Gasteiger partial charge in [0.25, 0.3) is 0 Å². The molecule has 0 N–H and O–H groups in total. The lowest BCUT2D eigenvalue weighted by molar-refractivity contribution is 0.661. The van der Waals surface area contributed by atoms with E-state index in [9.17, 15) is 0 Å². The summed E-state index contributed by atoms with van der Waals surface area (Å²) in [7, 11) is 0. The number of nitrogens with zero attached hydrogens (tertiary/aromatic N) is 1. The van der Waals surface area contributed by atoms with Crippen LogP contribution in [-0.2, 0) is 0 Å². The number of para-hydroxylation sites is 2. The minimum atomic E-state index is 1.05. The van der Waals surface area contributed by atoms with Crippen LogP contribution in [0.15, 0.2) is 72.9 Å². The molecule has 0 heterocycles. The van der Waals surface area contributed by atoms with Crippen molar-refractivity contribution in [1.82, 2.24) is 0 Å². The van der Waals surface area contributed by atoms with Crippen molar-refractivity contribution in [3.05, 3.63) is 72.9 Å². The van der Waals surface area contributed by atoms with E-state index in [-0.39, 0.29) is 0 Å². The molecular formula is C20H25N. The van der Waals surface area contributed by atoms with E-state index in [4.69, 9.17) is 0 Å². The molecule has 1 heteroatoms. The molecule has 110 valence electrons. The summed E-state index contributed by atoms with van der Waals surface area (Å²) < 4.78 is 0. The summed E-state index contributed by atoms with van der Waals surface area (Å²) in [5, 5.41) is 0.